The molecular weight excluding hydrogens is 338 g/mol. The van der Waals surface area contributed by atoms with E-state index in [0.29, 0.717) is 22.8 Å². The quantitative estimate of drug-likeness (QED) is 0.562. The summed E-state index contributed by atoms with van der Waals surface area (Å²) in [6.45, 7) is 0. The number of fused-ring (bicyclic) bond motifs is 1. The lowest BCUT2D eigenvalue weighted by Gasteiger charge is -2.18. The number of ether oxygens (including phenoxy) is 1. The van der Waals surface area contributed by atoms with Gasteiger partial charge in [0.1, 0.15) is 23.6 Å². The number of nitrogens with zero attached hydrogens (tertiary/aromatic N) is 5. The van der Waals surface area contributed by atoms with Crippen molar-refractivity contribution >= 4 is 17.1 Å². The molecule has 27 heavy (non-hydrogen) atoms. The summed E-state index contributed by atoms with van der Waals surface area (Å²) in [4.78, 5) is 21.9. The van der Waals surface area contributed by atoms with Gasteiger partial charge in [0, 0.05) is 0 Å². The molecule has 6 nitrogen and oxygen atoms in total. The summed E-state index contributed by atoms with van der Waals surface area (Å²) in [5.74, 6) is 0.482. The minimum atomic E-state index is -0.215. The van der Waals surface area contributed by atoms with Crippen molar-refractivity contribution in [1.82, 2.24) is 19.9 Å². The van der Waals surface area contributed by atoms with Crippen molar-refractivity contribution in [2.24, 2.45) is 4.99 Å². The van der Waals surface area contributed by atoms with Gasteiger partial charge in [-0.2, -0.15) is 0 Å². The fraction of sp³-hybridized carbons (Fsp3) is 0.0952. The van der Waals surface area contributed by atoms with Crippen LogP contribution in [-0.2, 0) is 4.74 Å². The second kappa shape index (κ2) is 6.57. The van der Waals surface area contributed by atoms with Crippen LogP contribution < -0.4 is 0 Å². The lowest BCUT2D eigenvalue weighted by molar-refractivity contribution is 0.196. The summed E-state index contributed by atoms with van der Waals surface area (Å²) in [6.07, 6.45) is 4.52. The Morgan fingerprint density at radius 3 is 2.30 bits per heavy atom. The highest BCUT2D eigenvalue weighted by Crippen LogP contribution is 2.40. The maximum atomic E-state index is 6.26. The third-order valence-corrected chi connectivity index (χ3v) is 4.49. The van der Waals surface area contributed by atoms with Crippen LogP contribution in [0.15, 0.2) is 84.4 Å². The number of aromatic nitrogens is 4. The van der Waals surface area contributed by atoms with Crippen LogP contribution in [0, 0.1) is 0 Å². The molecule has 2 atom stereocenters. The molecule has 0 bridgehead atoms. The van der Waals surface area contributed by atoms with Crippen molar-refractivity contribution in [2.45, 2.75) is 12.1 Å². The van der Waals surface area contributed by atoms with E-state index in [-0.39, 0.29) is 12.1 Å². The summed E-state index contributed by atoms with van der Waals surface area (Å²) >= 11 is 0. The maximum Gasteiger partial charge on any atom is 0.238 e. The van der Waals surface area contributed by atoms with Crippen molar-refractivity contribution in [3.8, 4) is 0 Å². The van der Waals surface area contributed by atoms with Crippen LogP contribution in [-0.4, -0.2) is 25.8 Å². The smallest absolute Gasteiger partial charge is 0.238 e. The molecule has 5 rings (SSSR count). The SMILES string of the molecule is c1ccc(C2N=C(c3cnc4ncncc4n3)OC2c2ccccc2)cc1. The van der Waals surface area contributed by atoms with Crippen molar-refractivity contribution in [1.29, 1.82) is 0 Å². The predicted octanol–water partition coefficient (Wildman–Crippen LogP) is 3.68. The van der Waals surface area contributed by atoms with Crippen LogP contribution in [0.5, 0.6) is 0 Å². The van der Waals surface area contributed by atoms with Gasteiger partial charge in [0.05, 0.1) is 12.4 Å². The van der Waals surface area contributed by atoms with Gasteiger partial charge in [-0.15, -0.1) is 0 Å². The molecule has 3 heterocycles. The molecule has 0 fully saturated rings. The Bertz CT molecular complexity index is 1110. The van der Waals surface area contributed by atoms with Gasteiger partial charge < -0.3 is 4.74 Å². The highest BCUT2D eigenvalue weighted by molar-refractivity contribution is 5.94. The Balaban J connectivity index is 1.58. The molecule has 1 aliphatic heterocycles. The van der Waals surface area contributed by atoms with E-state index in [9.17, 15) is 0 Å². The molecular formula is C21H15N5O. The summed E-state index contributed by atoms with van der Waals surface area (Å²) < 4.78 is 6.26. The van der Waals surface area contributed by atoms with E-state index in [2.05, 4.69) is 44.2 Å². The van der Waals surface area contributed by atoms with Gasteiger partial charge in [0.25, 0.3) is 0 Å². The lowest BCUT2D eigenvalue weighted by atomic mass is 9.97. The normalized spacial score (nSPS) is 18.9. The molecule has 2 unspecified atom stereocenters. The van der Waals surface area contributed by atoms with Gasteiger partial charge in [-0.05, 0) is 11.1 Å². The number of rotatable bonds is 3. The van der Waals surface area contributed by atoms with Crippen LogP contribution in [0.1, 0.15) is 29.0 Å². The van der Waals surface area contributed by atoms with Gasteiger partial charge in [0.2, 0.25) is 5.90 Å². The molecule has 0 aliphatic carbocycles. The van der Waals surface area contributed by atoms with Crippen LogP contribution in [0.25, 0.3) is 11.2 Å². The molecule has 0 radical (unpaired) electrons. The predicted molar refractivity (Wildman–Crippen MR) is 101 cm³/mol. The first-order chi connectivity index (χ1) is 13.4. The fourth-order valence-corrected chi connectivity index (χ4v) is 3.21. The minimum Gasteiger partial charge on any atom is -0.465 e. The van der Waals surface area contributed by atoms with Gasteiger partial charge in [0.15, 0.2) is 11.8 Å². The average molecular weight is 353 g/mol. The molecule has 130 valence electrons. The largest absolute Gasteiger partial charge is 0.465 e. The monoisotopic (exact) mass is 353 g/mol. The molecule has 2 aromatic heterocycles. The highest BCUT2D eigenvalue weighted by Gasteiger charge is 2.34. The van der Waals surface area contributed by atoms with Crippen molar-refractivity contribution in [3.05, 3.63) is 96.2 Å². The molecule has 0 saturated carbocycles. The van der Waals surface area contributed by atoms with Crippen LogP contribution in [0.4, 0.5) is 0 Å². The molecule has 4 aromatic rings. The molecule has 2 aromatic carbocycles. The second-order valence-electron chi connectivity index (χ2n) is 6.23. The fourth-order valence-electron chi connectivity index (χ4n) is 3.21. The third-order valence-electron chi connectivity index (χ3n) is 4.49. The standard InChI is InChI=1S/C21H15N5O/c1-3-7-14(8-4-1)18-19(15-9-5-2-6-10-15)27-21(26-18)17-12-23-20-16(25-17)11-22-13-24-20/h1-13,18-19H. The third kappa shape index (κ3) is 2.91. The molecule has 6 heteroatoms. The number of hydrogen-bond donors (Lipinski definition) is 0. The Morgan fingerprint density at radius 2 is 1.52 bits per heavy atom. The first-order valence-corrected chi connectivity index (χ1v) is 8.66. The first-order valence-electron chi connectivity index (χ1n) is 8.66. The second-order valence-corrected chi connectivity index (χ2v) is 6.23. The molecule has 0 amide bonds. The van der Waals surface area contributed by atoms with Gasteiger partial charge >= 0.3 is 0 Å². The van der Waals surface area contributed by atoms with Crippen LogP contribution in [0.2, 0.25) is 0 Å². The zero-order chi connectivity index (χ0) is 18.1. The lowest BCUT2D eigenvalue weighted by Crippen LogP contribution is -2.10. The summed E-state index contributed by atoms with van der Waals surface area (Å²) in [5.41, 5.74) is 3.91. The molecule has 0 spiro atoms. The van der Waals surface area contributed by atoms with Gasteiger partial charge in [-0.1, -0.05) is 60.7 Å². The van der Waals surface area contributed by atoms with E-state index in [0.717, 1.165) is 11.1 Å². The van der Waals surface area contributed by atoms with Crippen LogP contribution in [0.3, 0.4) is 0 Å². The zero-order valence-corrected chi connectivity index (χ0v) is 14.3. The number of benzene rings is 2. The molecule has 1 aliphatic rings. The summed E-state index contributed by atoms with van der Waals surface area (Å²) in [6, 6.07) is 20.1. The average Bonchev–Trinajstić information content (AvgIpc) is 3.20. The van der Waals surface area contributed by atoms with E-state index in [1.807, 2.05) is 36.4 Å². The highest BCUT2D eigenvalue weighted by atomic mass is 16.5. The minimum absolute atomic E-state index is 0.145. The maximum absolute atomic E-state index is 6.26. The Hall–Kier alpha value is -3.67. The first kappa shape index (κ1) is 15.6. The topological polar surface area (TPSA) is 73.2 Å². The van der Waals surface area contributed by atoms with E-state index < -0.39 is 0 Å². The summed E-state index contributed by atoms with van der Waals surface area (Å²) in [5, 5.41) is 0. The van der Waals surface area contributed by atoms with Gasteiger partial charge in [-0.25, -0.2) is 24.9 Å². The Morgan fingerprint density at radius 1 is 0.778 bits per heavy atom. The van der Waals surface area contributed by atoms with E-state index in [4.69, 9.17) is 9.73 Å². The Kier molecular flexibility index (Phi) is 3.79. The van der Waals surface area contributed by atoms with Crippen molar-refractivity contribution < 1.29 is 4.74 Å². The van der Waals surface area contributed by atoms with Gasteiger partial charge in [-0.3, -0.25) is 0 Å². The molecule has 0 N–H and O–H groups in total. The van der Waals surface area contributed by atoms with Crippen molar-refractivity contribution in [3.63, 3.8) is 0 Å². The zero-order valence-electron chi connectivity index (χ0n) is 14.3. The molecule has 0 saturated heterocycles. The van der Waals surface area contributed by atoms with Crippen molar-refractivity contribution in [2.75, 3.05) is 0 Å². The number of hydrogen-bond acceptors (Lipinski definition) is 6. The number of aliphatic imine (C=N–C) groups is 1. The van der Waals surface area contributed by atoms with E-state index >= 15 is 0 Å². The van der Waals surface area contributed by atoms with E-state index in [1.165, 1.54) is 6.33 Å². The van der Waals surface area contributed by atoms with Crippen LogP contribution >= 0.6 is 0 Å². The Labute approximate surface area is 155 Å². The van der Waals surface area contributed by atoms with E-state index in [1.54, 1.807) is 12.4 Å². The summed E-state index contributed by atoms with van der Waals surface area (Å²) in [7, 11) is 0.